The quantitative estimate of drug-likeness (QED) is 0.886. The van der Waals surface area contributed by atoms with Gasteiger partial charge in [0.05, 0.1) is 13.3 Å². The lowest BCUT2D eigenvalue weighted by Gasteiger charge is -2.12. The molecule has 16 heavy (non-hydrogen) atoms. The second kappa shape index (κ2) is 4.67. The van der Waals surface area contributed by atoms with Gasteiger partial charge in [0, 0.05) is 11.4 Å². The number of hydrogen-bond acceptors (Lipinski definition) is 4. The lowest BCUT2D eigenvalue weighted by molar-refractivity contribution is 0.206. The molecule has 2 heterocycles. The van der Waals surface area contributed by atoms with E-state index in [9.17, 15) is 5.11 Å². The van der Waals surface area contributed by atoms with Crippen molar-refractivity contribution in [1.29, 1.82) is 0 Å². The van der Waals surface area contributed by atoms with E-state index in [0.717, 1.165) is 4.88 Å². The molecule has 0 spiro atoms. The Balaban J connectivity index is 2.41. The van der Waals surface area contributed by atoms with Gasteiger partial charge in [-0.25, -0.2) is 0 Å². The Morgan fingerprint density at radius 1 is 1.62 bits per heavy atom. The van der Waals surface area contributed by atoms with Crippen molar-refractivity contribution < 1.29 is 9.84 Å². The second-order valence-corrected chi connectivity index (χ2v) is 4.31. The van der Waals surface area contributed by atoms with Crippen LogP contribution in [0.4, 0.5) is 0 Å². The van der Waals surface area contributed by atoms with E-state index in [1.54, 1.807) is 18.0 Å². The first-order valence-electron chi connectivity index (χ1n) is 5.09. The highest BCUT2D eigenvalue weighted by molar-refractivity contribution is 7.10. The Morgan fingerprint density at radius 3 is 3.00 bits per heavy atom. The number of hydrogen-bond donors (Lipinski definition) is 1. The molecular formula is C11H14N2O2S. The van der Waals surface area contributed by atoms with E-state index >= 15 is 0 Å². The van der Waals surface area contributed by atoms with E-state index in [0.29, 0.717) is 18.0 Å². The maximum atomic E-state index is 10.3. The van der Waals surface area contributed by atoms with E-state index in [1.807, 2.05) is 24.4 Å². The third-order valence-electron chi connectivity index (χ3n) is 2.44. The van der Waals surface area contributed by atoms with Gasteiger partial charge >= 0.3 is 0 Å². The van der Waals surface area contributed by atoms with Crippen LogP contribution in [0.3, 0.4) is 0 Å². The minimum Gasteiger partial charge on any atom is -0.493 e. The number of aromatic nitrogens is 2. The number of ether oxygens (including phenoxy) is 1. The molecule has 0 saturated heterocycles. The molecule has 0 amide bonds. The fourth-order valence-electron chi connectivity index (χ4n) is 1.64. The summed E-state index contributed by atoms with van der Waals surface area (Å²) in [4.78, 5) is 0.897. The number of thiophene rings is 1. The first kappa shape index (κ1) is 11.2. The van der Waals surface area contributed by atoms with E-state index in [-0.39, 0.29) is 0 Å². The highest BCUT2D eigenvalue weighted by atomic mass is 32.1. The molecule has 2 aromatic rings. The number of aliphatic hydroxyl groups excluding tert-OH is 1. The number of methoxy groups -OCH3 is 1. The highest BCUT2D eigenvalue weighted by Gasteiger charge is 2.21. The monoisotopic (exact) mass is 238 g/mol. The molecule has 0 aliphatic carbocycles. The predicted octanol–water partition coefficient (Wildman–Crippen LogP) is 2.05. The average Bonchev–Trinajstić information content (AvgIpc) is 2.96. The summed E-state index contributed by atoms with van der Waals surface area (Å²) >= 11 is 1.52. The molecule has 5 heteroatoms. The highest BCUT2D eigenvalue weighted by Crippen LogP contribution is 2.31. The number of nitrogens with zero attached hydrogens (tertiary/aromatic N) is 2. The fraction of sp³-hybridized carbons (Fsp3) is 0.364. The summed E-state index contributed by atoms with van der Waals surface area (Å²) in [6.45, 7) is 2.69. The van der Waals surface area contributed by atoms with Gasteiger partial charge in [-0.1, -0.05) is 6.07 Å². The van der Waals surface area contributed by atoms with Gasteiger partial charge in [0.2, 0.25) is 0 Å². The molecule has 2 aromatic heterocycles. The third-order valence-corrected chi connectivity index (χ3v) is 3.36. The molecule has 1 atom stereocenters. The molecule has 1 unspecified atom stereocenters. The minimum absolute atomic E-state index is 0.628. The molecular weight excluding hydrogens is 224 g/mol. The average molecular weight is 238 g/mol. The van der Waals surface area contributed by atoms with Gasteiger partial charge in [0.15, 0.2) is 5.75 Å². The summed E-state index contributed by atoms with van der Waals surface area (Å²) in [6, 6.07) is 3.82. The third kappa shape index (κ3) is 1.83. The molecule has 0 aliphatic heterocycles. The Morgan fingerprint density at radius 2 is 2.44 bits per heavy atom. The van der Waals surface area contributed by atoms with Crippen LogP contribution in [0.15, 0.2) is 23.7 Å². The fourth-order valence-corrected chi connectivity index (χ4v) is 2.36. The van der Waals surface area contributed by atoms with Crippen LogP contribution in [0.2, 0.25) is 0 Å². The first-order chi connectivity index (χ1) is 7.77. The second-order valence-electron chi connectivity index (χ2n) is 3.33. The van der Waals surface area contributed by atoms with E-state index in [1.165, 1.54) is 11.3 Å². The molecule has 86 valence electrons. The number of aryl methyl sites for hydroxylation is 1. The van der Waals surface area contributed by atoms with Gasteiger partial charge in [-0.2, -0.15) is 5.10 Å². The van der Waals surface area contributed by atoms with E-state index in [2.05, 4.69) is 5.10 Å². The SMILES string of the molecule is CCn1ncc(OC)c1C(O)c1cccs1. The van der Waals surface area contributed by atoms with E-state index < -0.39 is 6.10 Å². The van der Waals surface area contributed by atoms with Crippen LogP contribution in [-0.2, 0) is 6.54 Å². The summed E-state index contributed by atoms with van der Waals surface area (Å²) in [5.41, 5.74) is 0.715. The summed E-state index contributed by atoms with van der Waals surface area (Å²) in [5.74, 6) is 0.628. The first-order valence-corrected chi connectivity index (χ1v) is 5.97. The number of rotatable bonds is 4. The van der Waals surface area contributed by atoms with Crippen molar-refractivity contribution in [2.75, 3.05) is 7.11 Å². The summed E-state index contributed by atoms with van der Waals surface area (Å²) in [5, 5.41) is 16.4. The molecule has 0 saturated carbocycles. The molecule has 0 aliphatic rings. The van der Waals surface area contributed by atoms with Crippen molar-refractivity contribution in [3.63, 3.8) is 0 Å². The maximum Gasteiger partial charge on any atom is 0.163 e. The molecule has 0 bridgehead atoms. The van der Waals surface area contributed by atoms with Crippen LogP contribution < -0.4 is 4.74 Å². The maximum absolute atomic E-state index is 10.3. The lowest BCUT2D eigenvalue weighted by atomic mass is 10.2. The summed E-state index contributed by atoms with van der Waals surface area (Å²) < 4.78 is 6.96. The van der Waals surface area contributed by atoms with Crippen molar-refractivity contribution in [1.82, 2.24) is 9.78 Å². The molecule has 2 rings (SSSR count). The van der Waals surface area contributed by atoms with Crippen molar-refractivity contribution in [3.8, 4) is 5.75 Å². The summed E-state index contributed by atoms with van der Waals surface area (Å²) in [7, 11) is 1.58. The van der Waals surface area contributed by atoms with Gasteiger partial charge in [-0.3, -0.25) is 4.68 Å². The zero-order chi connectivity index (χ0) is 11.5. The van der Waals surface area contributed by atoms with Crippen LogP contribution in [0.25, 0.3) is 0 Å². The van der Waals surface area contributed by atoms with Crippen molar-refractivity contribution in [2.45, 2.75) is 19.6 Å². The van der Waals surface area contributed by atoms with Crippen LogP contribution in [0.5, 0.6) is 5.75 Å². The van der Waals surface area contributed by atoms with Crippen molar-refractivity contribution >= 4 is 11.3 Å². The predicted molar refractivity (Wildman–Crippen MR) is 62.8 cm³/mol. The molecule has 0 radical (unpaired) electrons. The van der Waals surface area contributed by atoms with Gasteiger partial charge in [-0.05, 0) is 18.4 Å². The van der Waals surface area contributed by atoms with Gasteiger partial charge in [-0.15, -0.1) is 11.3 Å². The molecule has 0 fully saturated rings. The van der Waals surface area contributed by atoms with Gasteiger partial charge < -0.3 is 9.84 Å². The normalized spacial score (nSPS) is 12.7. The summed E-state index contributed by atoms with van der Waals surface area (Å²) in [6.07, 6.45) is 0.966. The molecule has 4 nitrogen and oxygen atoms in total. The lowest BCUT2D eigenvalue weighted by Crippen LogP contribution is -2.09. The topological polar surface area (TPSA) is 47.3 Å². The zero-order valence-corrected chi connectivity index (χ0v) is 10.1. The van der Waals surface area contributed by atoms with Crippen LogP contribution in [0, 0.1) is 0 Å². The van der Waals surface area contributed by atoms with Crippen molar-refractivity contribution in [3.05, 3.63) is 34.3 Å². The number of aliphatic hydroxyl groups is 1. The Hall–Kier alpha value is -1.33. The van der Waals surface area contributed by atoms with E-state index in [4.69, 9.17) is 4.74 Å². The van der Waals surface area contributed by atoms with Crippen LogP contribution in [-0.4, -0.2) is 22.0 Å². The Labute approximate surface area is 98.1 Å². The van der Waals surface area contributed by atoms with Gasteiger partial charge in [0.25, 0.3) is 0 Å². The Bertz CT molecular complexity index is 429. The molecule has 1 N–H and O–H groups in total. The standard InChI is InChI=1S/C11H14N2O2S/c1-3-13-10(8(15-2)7-12-13)11(14)9-5-4-6-16-9/h4-7,11,14H,3H2,1-2H3. The minimum atomic E-state index is -0.669. The molecule has 0 aromatic carbocycles. The smallest absolute Gasteiger partial charge is 0.163 e. The van der Waals surface area contributed by atoms with Gasteiger partial charge in [0.1, 0.15) is 11.8 Å². The van der Waals surface area contributed by atoms with Crippen LogP contribution >= 0.6 is 11.3 Å². The van der Waals surface area contributed by atoms with Crippen LogP contribution in [0.1, 0.15) is 23.6 Å². The van der Waals surface area contributed by atoms with Crippen molar-refractivity contribution in [2.24, 2.45) is 0 Å². The zero-order valence-electron chi connectivity index (χ0n) is 9.25. The Kier molecular flexibility index (Phi) is 3.26. The largest absolute Gasteiger partial charge is 0.493 e.